The summed E-state index contributed by atoms with van der Waals surface area (Å²) in [5, 5.41) is 4.03. The molecule has 0 radical (unpaired) electrons. The van der Waals surface area contributed by atoms with E-state index in [4.69, 9.17) is 0 Å². The van der Waals surface area contributed by atoms with E-state index in [1.165, 1.54) is 17.7 Å². The van der Waals surface area contributed by atoms with Crippen molar-refractivity contribution in [3.63, 3.8) is 0 Å². The summed E-state index contributed by atoms with van der Waals surface area (Å²) in [5.74, 6) is -0.323. The van der Waals surface area contributed by atoms with Crippen molar-refractivity contribution in [1.82, 2.24) is 9.78 Å². The number of hydrogen-bond donors (Lipinski definition) is 0. The lowest BCUT2D eigenvalue weighted by Crippen LogP contribution is -2.18. The second-order valence-corrected chi connectivity index (χ2v) is 3.86. The van der Waals surface area contributed by atoms with Crippen LogP contribution in [-0.2, 0) is 0 Å². The van der Waals surface area contributed by atoms with Crippen LogP contribution in [0.25, 0.3) is 5.69 Å². The highest BCUT2D eigenvalue weighted by Gasteiger charge is 2.07. The van der Waals surface area contributed by atoms with Crippen molar-refractivity contribution in [2.45, 2.75) is 13.8 Å². The van der Waals surface area contributed by atoms with Crippen LogP contribution >= 0.6 is 0 Å². The number of aryl methyl sites for hydroxylation is 1. The summed E-state index contributed by atoms with van der Waals surface area (Å²) in [4.78, 5) is 22.6. The van der Waals surface area contributed by atoms with Crippen molar-refractivity contribution in [3.8, 4) is 5.69 Å². The maximum absolute atomic E-state index is 11.4. The molecule has 2 rings (SSSR count). The van der Waals surface area contributed by atoms with E-state index in [1.807, 2.05) is 31.2 Å². The van der Waals surface area contributed by atoms with E-state index in [0.717, 1.165) is 11.3 Å². The lowest BCUT2D eigenvalue weighted by molar-refractivity contribution is 0.101. The predicted octanol–water partition coefficient (Wildman–Crippen LogP) is 1.74. The monoisotopic (exact) mass is 228 g/mol. The summed E-state index contributed by atoms with van der Waals surface area (Å²) in [6.07, 6.45) is 1.56. The second kappa shape index (κ2) is 4.33. The van der Waals surface area contributed by atoms with Crippen molar-refractivity contribution < 1.29 is 4.79 Å². The van der Waals surface area contributed by atoms with Crippen LogP contribution in [0.3, 0.4) is 0 Å². The average Bonchev–Trinajstić information content (AvgIpc) is 2.30. The van der Waals surface area contributed by atoms with E-state index in [9.17, 15) is 9.59 Å². The van der Waals surface area contributed by atoms with Crippen LogP contribution in [0.15, 0.2) is 41.3 Å². The van der Waals surface area contributed by atoms with E-state index in [-0.39, 0.29) is 16.9 Å². The first-order chi connectivity index (χ1) is 8.08. The van der Waals surface area contributed by atoms with Gasteiger partial charge in [0, 0.05) is 19.2 Å². The molecule has 0 fully saturated rings. The summed E-state index contributed by atoms with van der Waals surface area (Å²) in [6, 6.07) is 9.02. The quantitative estimate of drug-likeness (QED) is 0.736. The molecule has 0 amide bonds. The molecule has 1 aromatic heterocycles. The Morgan fingerprint density at radius 3 is 2.41 bits per heavy atom. The summed E-state index contributed by atoms with van der Waals surface area (Å²) >= 11 is 0. The van der Waals surface area contributed by atoms with Crippen LogP contribution < -0.4 is 5.43 Å². The molecule has 0 saturated carbocycles. The van der Waals surface area contributed by atoms with Gasteiger partial charge < -0.3 is 0 Å². The van der Waals surface area contributed by atoms with E-state index >= 15 is 0 Å². The van der Waals surface area contributed by atoms with E-state index in [1.54, 1.807) is 6.20 Å². The molecule has 0 N–H and O–H groups in total. The van der Waals surface area contributed by atoms with Gasteiger partial charge in [0.05, 0.1) is 5.69 Å². The Hall–Kier alpha value is -2.23. The lowest BCUT2D eigenvalue weighted by atomic mass is 10.2. The van der Waals surface area contributed by atoms with Crippen molar-refractivity contribution in [2.75, 3.05) is 0 Å². The largest absolute Gasteiger partial charge is 0.293 e. The first-order valence-electron chi connectivity index (χ1n) is 5.26. The number of benzene rings is 1. The minimum Gasteiger partial charge on any atom is -0.293 e. The molecule has 0 aliphatic heterocycles. The molecule has 1 heterocycles. The molecule has 86 valence electrons. The Kier molecular flexibility index (Phi) is 2.87. The number of hydrogen-bond acceptors (Lipinski definition) is 3. The third-order valence-electron chi connectivity index (χ3n) is 2.44. The van der Waals surface area contributed by atoms with Gasteiger partial charge in [0.25, 0.3) is 0 Å². The minimum atomic E-state index is -0.346. The van der Waals surface area contributed by atoms with Gasteiger partial charge in [-0.05, 0) is 19.1 Å². The first kappa shape index (κ1) is 11.3. The highest BCUT2D eigenvalue weighted by atomic mass is 16.1. The normalized spacial score (nSPS) is 10.2. The van der Waals surface area contributed by atoms with Crippen molar-refractivity contribution in [3.05, 3.63) is 58.0 Å². The standard InChI is InChI=1S/C13H12N2O2/c1-9-3-5-11(6-4-9)15-8-7-12(17)13(14-15)10(2)16/h3-8H,1-2H3. The van der Waals surface area contributed by atoms with Crippen LogP contribution in [0.4, 0.5) is 0 Å². The third-order valence-corrected chi connectivity index (χ3v) is 2.44. The Morgan fingerprint density at radius 1 is 1.18 bits per heavy atom. The maximum atomic E-state index is 11.4. The third kappa shape index (κ3) is 2.30. The first-order valence-corrected chi connectivity index (χ1v) is 5.26. The number of carbonyl (C=O) groups is 1. The zero-order valence-corrected chi connectivity index (χ0v) is 9.68. The molecule has 0 atom stereocenters. The SMILES string of the molecule is CC(=O)c1nn(-c2ccc(C)cc2)ccc1=O. The molecule has 4 heteroatoms. The molecule has 2 aromatic rings. The number of ketones is 1. The predicted molar refractivity (Wildman–Crippen MR) is 64.6 cm³/mol. The van der Waals surface area contributed by atoms with Crippen molar-refractivity contribution >= 4 is 5.78 Å². The van der Waals surface area contributed by atoms with E-state index in [2.05, 4.69) is 5.10 Å². The van der Waals surface area contributed by atoms with E-state index < -0.39 is 0 Å². The van der Waals surface area contributed by atoms with Gasteiger partial charge in [-0.1, -0.05) is 17.7 Å². The minimum absolute atomic E-state index is 0.0342. The fourth-order valence-electron chi connectivity index (χ4n) is 1.49. The molecule has 0 aliphatic rings. The summed E-state index contributed by atoms with van der Waals surface area (Å²) in [7, 11) is 0. The Labute approximate surface area is 98.5 Å². The van der Waals surface area contributed by atoms with Gasteiger partial charge in [0.2, 0.25) is 5.43 Å². The Morgan fingerprint density at radius 2 is 1.82 bits per heavy atom. The molecule has 0 spiro atoms. The average molecular weight is 228 g/mol. The van der Waals surface area contributed by atoms with Gasteiger partial charge in [0.15, 0.2) is 11.5 Å². The molecular weight excluding hydrogens is 216 g/mol. The fourth-order valence-corrected chi connectivity index (χ4v) is 1.49. The number of carbonyl (C=O) groups excluding carboxylic acids is 1. The Balaban J connectivity index is 2.53. The van der Waals surface area contributed by atoms with Crippen molar-refractivity contribution in [1.29, 1.82) is 0 Å². The molecule has 17 heavy (non-hydrogen) atoms. The van der Waals surface area contributed by atoms with Crippen LogP contribution in [-0.4, -0.2) is 15.6 Å². The van der Waals surface area contributed by atoms with Gasteiger partial charge in [0.1, 0.15) is 0 Å². The molecular formula is C13H12N2O2. The molecule has 1 aromatic carbocycles. The highest BCUT2D eigenvalue weighted by Crippen LogP contribution is 2.07. The van der Waals surface area contributed by atoms with Gasteiger partial charge >= 0.3 is 0 Å². The van der Waals surface area contributed by atoms with E-state index in [0.29, 0.717) is 0 Å². The zero-order valence-electron chi connectivity index (χ0n) is 9.68. The summed E-state index contributed by atoms with van der Waals surface area (Å²) in [6.45, 7) is 3.33. The second-order valence-electron chi connectivity index (χ2n) is 3.86. The van der Waals surface area contributed by atoms with Crippen LogP contribution in [0.1, 0.15) is 23.0 Å². The summed E-state index contributed by atoms with van der Waals surface area (Å²) < 4.78 is 1.53. The molecule has 0 saturated heterocycles. The van der Waals surface area contributed by atoms with Crippen LogP contribution in [0, 0.1) is 6.92 Å². The molecule has 4 nitrogen and oxygen atoms in total. The summed E-state index contributed by atoms with van der Waals surface area (Å²) in [5.41, 5.74) is 1.58. The number of Topliss-reactive ketones (excluding diaryl/α,β-unsaturated/α-hetero) is 1. The molecule has 0 bridgehead atoms. The Bertz CT molecular complexity index is 612. The van der Waals surface area contributed by atoms with Gasteiger partial charge in [-0.3, -0.25) is 9.59 Å². The van der Waals surface area contributed by atoms with Crippen molar-refractivity contribution in [2.24, 2.45) is 0 Å². The van der Waals surface area contributed by atoms with Gasteiger partial charge in [-0.25, -0.2) is 4.68 Å². The topological polar surface area (TPSA) is 52.0 Å². The zero-order chi connectivity index (χ0) is 12.4. The number of rotatable bonds is 2. The lowest BCUT2D eigenvalue weighted by Gasteiger charge is -2.06. The van der Waals surface area contributed by atoms with Crippen LogP contribution in [0.2, 0.25) is 0 Å². The number of aromatic nitrogens is 2. The maximum Gasteiger partial charge on any atom is 0.211 e. The van der Waals surface area contributed by atoms with Gasteiger partial charge in [-0.2, -0.15) is 5.10 Å². The van der Waals surface area contributed by atoms with Crippen LogP contribution in [0.5, 0.6) is 0 Å². The molecule has 0 unspecified atom stereocenters. The number of nitrogens with zero attached hydrogens (tertiary/aromatic N) is 2. The molecule has 0 aliphatic carbocycles. The fraction of sp³-hybridized carbons (Fsp3) is 0.154. The smallest absolute Gasteiger partial charge is 0.211 e. The van der Waals surface area contributed by atoms with Gasteiger partial charge in [-0.15, -0.1) is 0 Å². The highest BCUT2D eigenvalue weighted by molar-refractivity contribution is 5.91.